The predicted molar refractivity (Wildman–Crippen MR) is 74.5 cm³/mol. The summed E-state index contributed by atoms with van der Waals surface area (Å²) in [4.78, 5) is 1.08. The van der Waals surface area contributed by atoms with Crippen molar-refractivity contribution in [3.05, 3.63) is 54.6 Å². The van der Waals surface area contributed by atoms with Gasteiger partial charge < -0.3 is 5.73 Å². The molecule has 84 valence electrons. The van der Waals surface area contributed by atoms with Crippen LogP contribution in [0.15, 0.2) is 34.1 Å². The molecule has 2 aromatic rings. The van der Waals surface area contributed by atoms with Crippen molar-refractivity contribution in [1.82, 2.24) is 0 Å². The number of thiophene rings is 1. The van der Waals surface area contributed by atoms with E-state index in [1.165, 1.54) is 0 Å². The van der Waals surface area contributed by atoms with Gasteiger partial charge in [-0.05, 0) is 45.1 Å². The summed E-state index contributed by atoms with van der Waals surface area (Å²) in [5.41, 5.74) is 7.12. The summed E-state index contributed by atoms with van der Waals surface area (Å²) in [6.45, 7) is 0. The highest BCUT2D eigenvalue weighted by Gasteiger charge is 2.14. The summed E-state index contributed by atoms with van der Waals surface area (Å²) in [5.74, 6) is 0. The Kier molecular flexibility index (Phi) is 3.93. The summed E-state index contributed by atoms with van der Waals surface area (Å²) in [5, 5.41) is 3.07. The average Bonchev–Trinajstić information content (AvgIpc) is 2.67. The number of hydrogen-bond donors (Lipinski definition) is 1. The van der Waals surface area contributed by atoms with Gasteiger partial charge in [-0.15, -0.1) is 11.3 Å². The molecule has 16 heavy (non-hydrogen) atoms. The van der Waals surface area contributed by atoms with E-state index in [0.717, 1.165) is 14.9 Å². The van der Waals surface area contributed by atoms with Crippen LogP contribution in [0.2, 0.25) is 10.0 Å². The maximum atomic E-state index is 6.16. The van der Waals surface area contributed by atoms with Crippen molar-refractivity contribution in [2.75, 3.05) is 0 Å². The van der Waals surface area contributed by atoms with Crippen LogP contribution in [0.5, 0.6) is 0 Å². The van der Waals surface area contributed by atoms with Crippen molar-refractivity contribution in [3.8, 4) is 0 Å². The lowest BCUT2D eigenvalue weighted by Gasteiger charge is -2.11. The molecule has 2 rings (SSSR count). The Labute approximate surface area is 116 Å². The second-order valence-corrected chi connectivity index (χ2v) is 5.90. The third kappa shape index (κ3) is 2.44. The molecule has 1 atom stereocenters. The Morgan fingerprint density at radius 2 is 1.94 bits per heavy atom. The van der Waals surface area contributed by atoms with Gasteiger partial charge in [0, 0.05) is 9.35 Å². The lowest BCUT2D eigenvalue weighted by Crippen LogP contribution is -2.10. The first kappa shape index (κ1) is 12.4. The fourth-order valence-electron chi connectivity index (χ4n) is 1.38. The molecule has 0 aliphatic carbocycles. The van der Waals surface area contributed by atoms with E-state index in [4.69, 9.17) is 28.9 Å². The van der Waals surface area contributed by atoms with Gasteiger partial charge in [0.05, 0.1) is 16.1 Å². The fraction of sp³-hybridized carbons (Fsp3) is 0.0909. The summed E-state index contributed by atoms with van der Waals surface area (Å²) >= 11 is 16.9. The highest BCUT2D eigenvalue weighted by molar-refractivity contribution is 9.10. The van der Waals surface area contributed by atoms with Gasteiger partial charge in [0.15, 0.2) is 0 Å². The van der Waals surface area contributed by atoms with Gasteiger partial charge >= 0.3 is 0 Å². The molecule has 0 amide bonds. The van der Waals surface area contributed by atoms with Crippen LogP contribution in [0.4, 0.5) is 0 Å². The standard InChI is InChI=1S/C11H8BrCl2NS/c12-7-3-4-16-11(7)10(15)6-1-2-8(13)9(14)5-6/h1-5,10H,15H2. The molecule has 1 heterocycles. The largest absolute Gasteiger partial charge is 0.320 e. The second-order valence-electron chi connectivity index (χ2n) is 3.28. The maximum Gasteiger partial charge on any atom is 0.0657 e. The molecular formula is C11H8BrCl2NS. The van der Waals surface area contributed by atoms with E-state index in [9.17, 15) is 0 Å². The van der Waals surface area contributed by atoms with Crippen LogP contribution >= 0.6 is 50.5 Å². The first-order chi connectivity index (χ1) is 7.59. The molecule has 1 unspecified atom stereocenters. The Hall–Kier alpha value is -0.0600. The van der Waals surface area contributed by atoms with Crippen molar-refractivity contribution >= 4 is 50.5 Å². The minimum Gasteiger partial charge on any atom is -0.320 e. The number of halogens is 3. The summed E-state index contributed by atoms with van der Waals surface area (Å²) in [6.07, 6.45) is 0. The number of benzene rings is 1. The third-order valence-corrected chi connectivity index (χ3v) is 4.92. The first-order valence-electron chi connectivity index (χ1n) is 4.53. The van der Waals surface area contributed by atoms with Crippen LogP contribution in [0.1, 0.15) is 16.5 Å². The van der Waals surface area contributed by atoms with Gasteiger partial charge in [0.2, 0.25) is 0 Å². The second kappa shape index (κ2) is 5.07. The van der Waals surface area contributed by atoms with Crippen LogP contribution < -0.4 is 5.73 Å². The van der Waals surface area contributed by atoms with Gasteiger partial charge in [-0.3, -0.25) is 0 Å². The van der Waals surface area contributed by atoms with E-state index in [0.29, 0.717) is 10.0 Å². The Bertz CT molecular complexity index is 512. The molecule has 1 aromatic carbocycles. The predicted octanol–water partition coefficient (Wildman–Crippen LogP) is 4.87. The van der Waals surface area contributed by atoms with E-state index in [1.807, 2.05) is 17.5 Å². The topological polar surface area (TPSA) is 26.0 Å². The zero-order valence-electron chi connectivity index (χ0n) is 8.08. The van der Waals surface area contributed by atoms with Crippen molar-refractivity contribution in [3.63, 3.8) is 0 Å². The van der Waals surface area contributed by atoms with Crippen molar-refractivity contribution in [2.45, 2.75) is 6.04 Å². The van der Waals surface area contributed by atoms with Gasteiger partial charge in [-0.2, -0.15) is 0 Å². The molecule has 0 spiro atoms. The summed E-state index contributed by atoms with van der Waals surface area (Å²) < 4.78 is 1.02. The molecule has 0 aliphatic rings. The zero-order valence-corrected chi connectivity index (χ0v) is 12.0. The van der Waals surface area contributed by atoms with Gasteiger partial charge in [0.1, 0.15) is 0 Å². The van der Waals surface area contributed by atoms with E-state index < -0.39 is 0 Å². The molecule has 2 N–H and O–H groups in total. The summed E-state index contributed by atoms with van der Waals surface area (Å²) in [7, 11) is 0. The molecule has 0 fully saturated rings. The van der Waals surface area contributed by atoms with Crippen molar-refractivity contribution in [1.29, 1.82) is 0 Å². The lowest BCUT2D eigenvalue weighted by molar-refractivity contribution is 0.889. The van der Waals surface area contributed by atoms with E-state index in [-0.39, 0.29) is 6.04 Å². The van der Waals surface area contributed by atoms with Crippen LogP contribution in [0.25, 0.3) is 0 Å². The quantitative estimate of drug-likeness (QED) is 0.832. The number of rotatable bonds is 2. The van der Waals surface area contributed by atoms with Crippen LogP contribution in [-0.4, -0.2) is 0 Å². The Morgan fingerprint density at radius 3 is 2.50 bits per heavy atom. The van der Waals surface area contributed by atoms with Crippen molar-refractivity contribution < 1.29 is 0 Å². The SMILES string of the molecule is NC(c1ccc(Cl)c(Cl)c1)c1sccc1Br. The minimum absolute atomic E-state index is 0.177. The third-order valence-electron chi connectivity index (χ3n) is 2.23. The van der Waals surface area contributed by atoms with Crippen LogP contribution in [0.3, 0.4) is 0 Å². The molecule has 0 saturated heterocycles. The molecular weight excluding hydrogens is 329 g/mol. The highest BCUT2D eigenvalue weighted by Crippen LogP contribution is 2.33. The fourth-order valence-corrected chi connectivity index (χ4v) is 3.34. The van der Waals surface area contributed by atoms with Crippen LogP contribution in [0, 0.1) is 0 Å². The molecule has 0 saturated carbocycles. The normalized spacial score (nSPS) is 12.8. The first-order valence-corrected chi connectivity index (χ1v) is 6.96. The van der Waals surface area contributed by atoms with Crippen LogP contribution in [-0.2, 0) is 0 Å². The highest BCUT2D eigenvalue weighted by atomic mass is 79.9. The van der Waals surface area contributed by atoms with Gasteiger partial charge in [-0.1, -0.05) is 29.3 Å². The van der Waals surface area contributed by atoms with Gasteiger partial charge in [0.25, 0.3) is 0 Å². The molecule has 1 nitrogen and oxygen atoms in total. The lowest BCUT2D eigenvalue weighted by atomic mass is 10.1. The number of hydrogen-bond acceptors (Lipinski definition) is 2. The van der Waals surface area contributed by atoms with E-state index in [1.54, 1.807) is 23.5 Å². The van der Waals surface area contributed by atoms with E-state index in [2.05, 4.69) is 15.9 Å². The maximum absolute atomic E-state index is 6.16. The molecule has 5 heteroatoms. The molecule has 0 radical (unpaired) electrons. The Morgan fingerprint density at radius 1 is 1.19 bits per heavy atom. The molecule has 1 aromatic heterocycles. The van der Waals surface area contributed by atoms with Gasteiger partial charge in [-0.25, -0.2) is 0 Å². The Balaban J connectivity index is 2.38. The zero-order chi connectivity index (χ0) is 11.7. The smallest absolute Gasteiger partial charge is 0.0657 e. The summed E-state index contributed by atoms with van der Waals surface area (Å²) in [6, 6.07) is 7.27. The monoisotopic (exact) mass is 335 g/mol. The number of nitrogens with two attached hydrogens (primary N) is 1. The van der Waals surface area contributed by atoms with E-state index >= 15 is 0 Å². The average molecular weight is 337 g/mol. The van der Waals surface area contributed by atoms with Crippen molar-refractivity contribution in [2.24, 2.45) is 5.73 Å². The minimum atomic E-state index is -0.177. The molecule has 0 bridgehead atoms. The molecule has 0 aliphatic heterocycles.